The van der Waals surface area contributed by atoms with Crippen LogP contribution in [0.15, 0.2) is 0 Å². The molecule has 21 heavy (non-hydrogen) atoms. The van der Waals surface area contributed by atoms with Crippen molar-refractivity contribution in [3.8, 4) is 0 Å². The van der Waals surface area contributed by atoms with Gasteiger partial charge in [0.1, 0.15) is 6.04 Å². The van der Waals surface area contributed by atoms with Crippen molar-refractivity contribution in [3.63, 3.8) is 0 Å². The Bertz CT molecular complexity index is 305. The SMILES string of the molecule is NC(CC(=O)O)C(=O)O.NC(CC(=O)[O-])C(=O)[O-].O.O.[Mg+2]. The molecule has 0 radical (unpaired) electrons. The summed E-state index contributed by atoms with van der Waals surface area (Å²) in [6.07, 6.45) is -1.24. The minimum atomic E-state index is -1.58. The van der Waals surface area contributed by atoms with Gasteiger partial charge in [-0.05, 0) is 0 Å². The van der Waals surface area contributed by atoms with Crippen LogP contribution < -0.4 is 21.7 Å². The molecule has 2 atom stereocenters. The number of nitrogens with two attached hydrogens (primary N) is 2. The van der Waals surface area contributed by atoms with Crippen LogP contribution in [0, 0.1) is 0 Å². The van der Waals surface area contributed by atoms with Crippen molar-refractivity contribution < 1.29 is 50.6 Å². The van der Waals surface area contributed by atoms with Crippen molar-refractivity contribution >= 4 is 46.9 Å². The topological polar surface area (TPSA) is 270 Å². The molecule has 0 aromatic heterocycles. The predicted octanol–water partition coefficient (Wildman–Crippen LogP) is -6.95. The van der Waals surface area contributed by atoms with Crippen molar-refractivity contribution in [3.05, 3.63) is 0 Å². The van der Waals surface area contributed by atoms with Gasteiger partial charge in [0.25, 0.3) is 0 Å². The molecule has 0 heterocycles. The molecule has 120 valence electrons. The number of carbonyl (C=O) groups is 4. The van der Waals surface area contributed by atoms with Crippen LogP contribution in [0.1, 0.15) is 12.8 Å². The van der Waals surface area contributed by atoms with Gasteiger partial charge in [0.05, 0.1) is 12.4 Å². The maximum Gasteiger partial charge on any atom is 2.00 e. The summed E-state index contributed by atoms with van der Waals surface area (Å²) in [5.74, 6) is -5.58. The van der Waals surface area contributed by atoms with Gasteiger partial charge in [-0.3, -0.25) is 9.59 Å². The van der Waals surface area contributed by atoms with Crippen LogP contribution in [0.3, 0.4) is 0 Å². The second-order valence-electron chi connectivity index (χ2n) is 3.04. The van der Waals surface area contributed by atoms with E-state index in [1.54, 1.807) is 0 Å². The number of carboxylic acid groups (broad SMARTS) is 4. The molecule has 0 spiro atoms. The Balaban J connectivity index is -0.0000000711. The molecule has 0 rings (SSSR count). The largest absolute Gasteiger partial charge is 2.00 e. The quantitative estimate of drug-likeness (QED) is 0.335. The first kappa shape index (κ1) is 31.7. The fourth-order valence-electron chi connectivity index (χ4n) is 0.538. The molecule has 0 bridgehead atoms. The molecule has 0 saturated heterocycles. The number of carboxylic acids is 4. The first-order chi connectivity index (χ1) is 8.07. The number of hydrogen-bond acceptors (Lipinski definition) is 8. The average Bonchev–Trinajstić information content (AvgIpc) is 2.16. The van der Waals surface area contributed by atoms with E-state index in [4.69, 9.17) is 21.7 Å². The van der Waals surface area contributed by atoms with E-state index in [0.717, 1.165) is 0 Å². The van der Waals surface area contributed by atoms with Crippen molar-refractivity contribution in [2.24, 2.45) is 11.5 Å². The first-order valence-corrected chi connectivity index (χ1v) is 4.44. The molecule has 0 aliphatic carbocycles. The van der Waals surface area contributed by atoms with Gasteiger partial charge >= 0.3 is 35.0 Å². The fraction of sp³-hybridized carbons (Fsp3) is 0.500. The molecule has 0 aliphatic rings. The molecule has 0 aliphatic heterocycles. The van der Waals surface area contributed by atoms with Crippen LogP contribution in [0.5, 0.6) is 0 Å². The van der Waals surface area contributed by atoms with Crippen LogP contribution in [0.4, 0.5) is 0 Å². The number of carbonyl (C=O) groups excluding carboxylic acids is 2. The van der Waals surface area contributed by atoms with Crippen molar-refractivity contribution in [2.75, 3.05) is 0 Å². The van der Waals surface area contributed by atoms with Crippen LogP contribution in [-0.4, -0.2) is 80.2 Å². The summed E-state index contributed by atoms with van der Waals surface area (Å²) >= 11 is 0. The van der Waals surface area contributed by atoms with E-state index in [1.165, 1.54) is 0 Å². The van der Waals surface area contributed by atoms with E-state index in [-0.39, 0.29) is 34.0 Å². The van der Waals surface area contributed by atoms with E-state index in [2.05, 4.69) is 0 Å². The average molecular weight is 325 g/mol. The Kier molecular flexibility index (Phi) is 25.0. The Labute approximate surface area is 134 Å². The molecular formula is C8H16MgN2O10. The fourth-order valence-corrected chi connectivity index (χ4v) is 0.538. The second kappa shape index (κ2) is 16.5. The number of aliphatic carboxylic acids is 4. The normalized spacial score (nSPS) is 10.8. The molecule has 0 aromatic carbocycles. The minimum absolute atomic E-state index is 0. The van der Waals surface area contributed by atoms with Gasteiger partial charge in [-0.25, -0.2) is 0 Å². The number of rotatable bonds is 6. The maximum atomic E-state index is 9.85. The third-order valence-electron chi connectivity index (χ3n) is 1.40. The summed E-state index contributed by atoms with van der Waals surface area (Å²) in [4.78, 5) is 39.0. The van der Waals surface area contributed by atoms with E-state index < -0.39 is 48.8 Å². The molecule has 10 N–H and O–H groups in total. The van der Waals surface area contributed by atoms with E-state index in [9.17, 15) is 29.4 Å². The van der Waals surface area contributed by atoms with Crippen molar-refractivity contribution in [2.45, 2.75) is 24.9 Å². The van der Waals surface area contributed by atoms with Gasteiger partial charge in [-0.15, -0.1) is 0 Å². The standard InChI is InChI=1S/2C4H7NO4.Mg.2H2O/c2*5-2(4(8)9)1-3(6)7;;;/h2*2H,1,5H2,(H,6,7)(H,8,9);;2*1H2/q;;+2;;/p-2. The summed E-state index contributed by atoms with van der Waals surface area (Å²) in [5.41, 5.74) is 9.57. The monoisotopic (exact) mass is 324 g/mol. The van der Waals surface area contributed by atoms with Crippen LogP contribution in [-0.2, 0) is 19.2 Å². The smallest absolute Gasteiger partial charge is 0.550 e. The summed E-state index contributed by atoms with van der Waals surface area (Å²) < 4.78 is 0. The summed E-state index contributed by atoms with van der Waals surface area (Å²) in [6, 6.07) is -2.75. The molecule has 0 fully saturated rings. The zero-order valence-electron chi connectivity index (χ0n) is 10.8. The molecule has 0 aromatic rings. The first-order valence-electron chi connectivity index (χ1n) is 4.44. The molecular weight excluding hydrogens is 308 g/mol. The van der Waals surface area contributed by atoms with Crippen LogP contribution in [0.25, 0.3) is 0 Å². The third-order valence-corrected chi connectivity index (χ3v) is 1.40. The second-order valence-corrected chi connectivity index (χ2v) is 3.04. The molecule has 13 heteroatoms. The van der Waals surface area contributed by atoms with Gasteiger partial charge in [0, 0.05) is 18.4 Å². The molecule has 0 saturated carbocycles. The van der Waals surface area contributed by atoms with E-state index in [1.807, 2.05) is 0 Å². The van der Waals surface area contributed by atoms with Gasteiger partial charge in [-0.1, -0.05) is 0 Å². The Hall–Kier alpha value is -1.51. The summed E-state index contributed by atoms with van der Waals surface area (Å²) in [5, 5.41) is 35.4. The molecule has 0 amide bonds. The van der Waals surface area contributed by atoms with Gasteiger partial charge in [0.2, 0.25) is 0 Å². The van der Waals surface area contributed by atoms with Crippen molar-refractivity contribution in [1.82, 2.24) is 0 Å². The van der Waals surface area contributed by atoms with Gasteiger partial charge < -0.3 is 52.4 Å². The van der Waals surface area contributed by atoms with Crippen molar-refractivity contribution in [1.29, 1.82) is 0 Å². The number of hydrogen-bond donors (Lipinski definition) is 4. The van der Waals surface area contributed by atoms with Gasteiger partial charge in [0.15, 0.2) is 0 Å². The third kappa shape index (κ3) is 23.9. The molecule has 2 unspecified atom stereocenters. The van der Waals surface area contributed by atoms with Crippen LogP contribution >= 0.6 is 0 Å². The Morgan fingerprint density at radius 3 is 1.38 bits per heavy atom. The maximum absolute atomic E-state index is 9.85. The summed E-state index contributed by atoms with van der Waals surface area (Å²) in [7, 11) is 0. The van der Waals surface area contributed by atoms with Crippen LogP contribution in [0.2, 0.25) is 0 Å². The van der Waals surface area contributed by atoms with E-state index >= 15 is 0 Å². The molecule has 12 nitrogen and oxygen atoms in total. The minimum Gasteiger partial charge on any atom is -0.550 e. The summed E-state index contributed by atoms with van der Waals surface area (Å²) in [6.45, 7) is 0. The van der Waals surface area contributed by atoms with Gasteiger partial charge in [-0.2, -0.15) is 0 Å². The zero-order valence-corrected chi connectivity index (χ0v) is 12.2. The van der Waals surface area contributed by atoms with E-state index in [0.29, 0.717) is 0 Å². The predicted molar refractivity (Wildman–Crippen MR) is 63.5 cm³/mol. The Morgan fingerprint density at radius 2 is 1.29 bits per heavy atom. The zero-order chi connectivity index (χ0) is 14.9. The Morgan fingerprint density at radius 1 is 0.905 bits per heavy atom.